The fraction of sp³-hybridized carbons (Fsp3) is 0.500. The molecule has 5 N–H and O–H groups in total. The second-order valence-corrected chi connectivity index (χ2v) is 4.66. The number of carboxylic acid groups (broad SMARTS) is 1. The summed E-state index contributed by atoms with van der Waals surface area (Å²) in [5, 5.41) is 17.8. The largest absolute Gasteiger partial charge is 0.480 e. The van der Waals surface area contributed by atoms with E-state index < -0.39 is 30.4 Å². The van der Waals surface area contributed by atoms with Crippen LogP contribution >= 0.6 is 0 Å². The van der Waals surface area contributed by atoms with Gasteiger partial charge in [0.05, 0.1) is 12.1 Å². The van der Waals surface area contributed by atoms with Gasteiger partial charge in [0.1, 0.15) is 6.04 Å². The van der Waals surface area contributed by atoms with Crippen LogP contribution in [0.15, 0.2) is 0 Å². The van der Waals surface area contributed by atoms with Gasteiger partial charge < -0.3 is 21.5 Å². The molecule has 0 aromatic carbocycles. The molecule has 21 heavy (non-hydrogen) atoms. The van der Waals surface area contributed by atoms with E-state index in [1.54, 1.807) is 11.7 Å². The molecule has 0 saturated carbocycles. The van der Waals surface area contributed by atoms with Gasteiger partial charge in [-0.15, -0.1) is 0 Å². The zero-order valence-electron chi connectivity index (χ0n) is 12.1. The highest BCUT2D eigenvalue weighted by Gasteiger charge is 2.22. The Morgan fingerprint density at radius 2 is 2.00 bits per heavy atom. The van der Waals surface area contributed by atoms with E-state index in [0.29, 0.717) is 0 Å². The first-order valence-corrected chi connectivity index (χ1v) is 6.27. The number of carbonyl (C=O) groups is 3. The SMILES string of the molecule is Cc1nn(C)c(C)c1CNC(=O)NC(CC(N)=O)C(=O)O. The number of urea groups is 1. The lowest BCUT2D eigenvalue weighted by Gasteiger charge is -2.13. The number of carboxylic acids is 1. The van der Waals surface area contributed by atoms with Crippen molar-refractivity contribution in [1.29, 1.82) is 0 Å². The van der Waals surface area contributed by atoms with Crippen molar-refractivity contribution in [3.8, 4) is 0 Å². The van der Waals surface area contributed by atoms with Gasteiger partial charge in [-0.25, -0.2) is 9.59 Å². The van der Waals surface area contributed by atoms with Gasteiger partial charge in [0.25, 0.3) is 0 Å². The molecule has 1 heterocycles. The summed E-state index contributed by atoms with van der Waals surface area (Å²) in [5.41, 5.74) is 7.47. The Morgan fingerprint density at radius 1 is 1.38 bits per heavy atom. The molecule has 116 valence electrons. The van der Waals surface area contributed by atoms with Crippen molar-refractivity contribution in [3.05, 3.63) is 17.0 Å². The van der Waals surface area contributed by atoms with E-state index in [0.717, 1.165) is 17.0 Å². The van der Waals surface area contributed by atoms with Crippen molar-refractivity contribution in [2.75, 3.05) is 0 Å². The molecule has 9 heteroatoms. The van der Waals surface area contributed by atoms with E-state index in [1.165, 1.54) is 0 Å². The number of hydrogen-bond acceptors (Lipinski definition) is 4. The topological polar surface area (TPSA) is 139 Å². The summed E-state index contributed by atoms with van der Waals surface area (Å²) in [4.78, 5) is 33.3. The van der Waals surface area contributed by atoms with Crippen LogP contribution in [0.1, 0.15) is 23.4 Å². The van der Waals surface area contributed by atoms with E-state index in [9.17, 15) is 14.4 Å². The minimum Gasteiger partial charge on any atom is -0.480 e. The summed E-state index contributed by atoms with van der Waals surface area (Å²) in [6, 6.07) is -2.04. The zero-order chi connectivity index (χ0) is 16.2. The second-order valence-electron chi connectivity index (χ2n) is 4.66. The van der Waals surface area contributed by atoms with Crippen molar-refractivity contribution < 1.29 is 19.5 Å². The molecule has 0 spiro atoms. The van der Waals surface area contributed by atoms with E-state index in [4.69, 9.17) is 10.8 Å². The summed E-state index contributed by atoms with van der Waals surface area (Å²) in [5.74, 6) is -2.13. The number of amides is 3. The molecule has 1 aromatic rings. The predicted octanol–water partition coefficient (Wildman–Crippen LogP) is -0.835. The summed E-state index contributed by atoms with van der Waals surface area (Å²) in [7, 11) is 1.79. The van der Waals surface area contributed by atoms with Gasteiger partial charge in [-0.05, 0) is 13.8 Å². The number of aryl methyl sites for hydroxylation is 2. The Morgan fingerprint density at radius 3 is 2.43 bits per heavy atom. The van der Waals surface area contributed by atoms with Gasteiger partial charge in [0.2, 0.25) is 5.91 Å². The fourth-order valence-corrected chi connectivity index (χ4v) is 1.85. The second kappa shape index (κ2) is 6.73. The van der Waals surface area contributed by atoms with Crippen LogP contribution in [0.4, 0.5) is 4.79 Å². The fourth-order valence-electron chi connectivity index (χ4n) is 1.85. The van der Waals surface area contributed by atoms with Crippen molar-refractivity contribution in [1.82, 2.24) is 20.4 Å². The first kappa shape index (κ1) is 16.5. The maximum Gasteiger partial charge on any atom is 0.326 e. The van der Waals surface area contributed by atoms with E-state index in [-0.39, 0.29) is 6.54 Å². The minimum atomic E-state index is -1.35. The molecular formula is C12H19N5O4. The maximum absolute atomic E-state index is 11.7. The Kier molecular flexibility index (Phi) is 5.28. The van der Waals surface area contributed by atoms with E-state index in [1.807, 2.05) is 13.8 Å². The molecule has 1 unspecified atom stereocenters. The average Bonchev–Trinajstić information content (AvgIpc) is 2.60. The maximum atomic E-state index is 11.7. The van der Waals surface area contributed by atoms with E-state index in [2.05, 4.69) is 15.7 Å². The molecular weight excluding hydrogens is 278 g/mol. The van der Waals surface area contributed by atoms with Gasteiger partial charge in [0.15, 0.2) is 0 Å². The lowest BCUT2D eigenvalue weighted by atomic mass is 10.2. The highest BCUT2D eigenvalue weighted by Crippen LogP contribution is 2.10. The molecule has 0 saturated heterocycles. The van der Waals surface area contributed by atoms with Gasteiger partial charge in [-0.1, -0.05) is 0 Å². The van der Waals surface area contributed by atoms with Crippen LogP contribution in [0, 0.1) is 13.8 Å². The molecule has 0 aliphatic rings. The number of primary amides is 1. The number of rotatable bonds is 6. The first-order chi connectivity index (χ1) is 9.72. The molecule has 1 atom stereocenters. The highest BCUT2D eigenvalue weighted by atomic mass is 16.4. The molecule has 0 fully saturated rings. The quantitative estimate of drug-likeness (QED) is 0.542. The first-order valence-electron chi connectivity index (χ1n) is 6.27. The summed E-state index contributed by atoms with van der Waals surface area (Å²) in [6.45, 7) is 3.89. The Bertz CT molecular complexity index is 566. The Hall–Kier alpha value is -2.58. The number of aliphatic carboxylic acids is 1. The number of aromatic nitrogens is 2. The summed E-state index contributed by atoms with van der Waals surface area (Å²) in [6.07, 6.45) is -0.465. The highest BCUT2D eigenvalue weighted by molar-refractivity contribution is 5.87. The number of nitrogens with one attached hydrogen (secondary N) is 2. The normalized spacial score (nSPS) is 11.8. The third-order valence-corrected chi connectivity index (χ3v) is 3.09. The molecule has 0 bridgehead atoms. The molecule has 0 aliphatic heterocycles. The van der Waals surface area contributed by atoms with Gasteiger partial charge in [-0.2, -0.15) is 5.10 Å². The van der Waals surface area contributed by atoms with Gasteiger partial charge in [-0.3, -0.25) is 9.48 Å². The zero-order valence-corrected chi connectivity index (χ0v) is 12.1. The van der Waals surface area contributed by atoms with Crippen LogP contribution in [0.5, 0.6) is 0 Å². The standard InChI is InChI=1S/C12H19N5O4/c1-6-8(7(2)17(3)16-6)5-14-12(21)15-9(11(19)20)4-10(13)18/h9H,4-5H2,1-3H3,(H2,13,18)(H,19,20)(H2,14,15,21). The molecule has 1 aromatic heterocycles. The third kappa shape index (κ3) is 4.48. The molecule has 3 amide bonds. The van der Waals surface area contributed by atoms with Crippen LogP contribution < -0.4 is 16.4 Å². The lowest BCUT2D eigenvalue weighted by molar-refractivity contribution is -0.140. The van der Waals surface area contributed by atoms with Crippen LogP contribution in [0.25, 0.3) is 0 Å². The monoisotopic (exact) mass is 297 g/mol. The van der Waals surface area contributed by atoms with Crippen LogP contribution in [-0.4, -0.2) is 38.8 Å². The lowest BCUT2D eigenvalue weighted by Crippen LogP contribution is -2.47. The Balaban J connectivity index is 2.61. The molecule has 0 aliphatic carbocycles. The number of hydrogen-bond donors (Lipinski definition) is 4. The third-order valence-electron chi connectivity index (χ3n) is 3.09. The van der Waals surface area contributed by atoms with Gasteiger partial charge in [0, 0.05) is 24.8 Å². The van der Waals surface area contributed by atoms with Crippen LogP contribution in [0.2, 0.25) is 0 Å². The van der Waals surface area contributed by atoms with E-state index >= 15 is 0 Å². The number of carbonyl (C=O) groups excluding carboxylic acids is 2. The summed E-state index contributed by atoms with van der Waals surface area (Å²) < 4.78 is 1.69. The molecule has 0 radical (unpaired) electrons. The van der Waals surface area contributed by atoms with Crippen molar-refractivity contribution in [2.45, 2.75) is 32.9 Å². The number of nitrogens with zero attached hydrogens (tertiary/aromatic N) is 2. The van der Waals surface area contributed by atoms with Crippen LogP contribution in [0.3, 0.4) is 0 Å². The van der Waals surface area contributed by atoms with Crippen molar-refractivity contribution in [3.63, 3.8) is 0 Å². The minimum absolute atomic E-state index is 0.209. The predicted molar refractivity (Wildman–Crippen MR) is 73.3 cm³/mol. The average molecular weight is 297 g/mol. The van der Waals surface area contributed by atoms with Crippen molar-refractivity contribution in [2.24, 2.45) is 12.8 Å². The number of nitrogens with two attached hydrogens (primary N) is 1. The molecule has 9 nitrogen and oxygen atoms in total. The summed E-state index contributed by atoms with van der Waals surface area (Å²) >= 11 is 0. The van der Waals surface area contributed by atoms with Crippen molar-refractivity contribution >= 4 is 17.9 Å². The smallest absolute Gasteiger partial charge is 0.326 e. The molecule has 1 rings (SSSR count). The van der Waals surface area contributed by atoms with Gasteiger partial charge >= 0.3 is 12.0 Å². The van der Waals surface area contributed by atoms with Crippen LogP contribution in [-0.2, 0) is 23.2 Å². The Labute approximate surface area is 121 Å².